The number of nitrogens with one attached hydrogen (secondary N) is 1. The van der Waals surface area contributed by atoms with Gasteiger partial charge in [0.1, 0.15) is 5.58 Å². The Morgan fingerprint density at radius 2 is 1.78 bits per heavy atom. The highest BCUT2D eigenvalue weighted by molar-refractivity contribution is 5.89. The van der Waals surface area contributed by atoms with E-state index in [-0.39, 0.29) is 18.9 Å². The molecule has 1 heterocycles. The van der Waals surface area contributed by atoms with E-state index in [2.05, 4.69) is 5.32 Å². The molecule has 0 aliphatic rings. The molecular formula is C22H23NO4. The highest BCUT2D eigenvalue weighted by Gasteiger charge is 2.14. The molecule has 0 aliphatic carbocycles. The fourth-order valence-electron chi connectivity index (χ4n) is 2.93. The Labute approximate surface area is 158 Å². The van der Waals surface area contributed by atoms with Crippen LogP contribution in [0.2, 0.25) is 0 Å². The highest BCUT2D eigenvalue weighted by atomic mass is 16.5. The quantitative estimate of drug-likeness (QED) is 0.676. The summed E-state index contributed by atoms with van der Waals surface area (Å²) in [5, 5.41) is 3.66. The van der Waals surface area contributed by atoms with Gasteiger partial charge in [0.15, 0.2) is 6.61 Å². The largest absolute Gasteiger partial charge is 0.464 e. The SMILES string of the molecule is Cc1ccccc1CNC(=O)COC(=O)Cc1coc2c(C)c(C)ccc12. The van der Waals surface area contributed by atoms with Gasteiger partial charge in [-0.25, -0.2) is 0 Å². The van der Waals surface area contributed by atoms with Crippen molar-refractivity contribution in [3.05, 3.63) is 70.5 Å². The molecule has 0 saturated carbocycles. The standard InChI is InChI=1S/C22H23NO4/c1-14-8-9-19-18(12-27-22(19)16(14)3)10-21(25)26-13-20(24)23-11-17-7-5-4-6-15(17)2/h4-9,12H,10-11,13H2,1-3H3,(H,23,24). The zero-order valence-electron chi connectivity index (χ0n) is 15.8. The maximum Gasteiger partial charge on any atom is 0.310 e. The lowest BCUT2D eigenvalue weighted by Crippen LogP contribution is -2.28. The van der Waals surface area contributed by atoms with Crippen LogP contribution in [0.4, 0.5) is 0 Å². The van der Waals surface area contributed by atoms with E-state index in [9.17, 15) is 9.59 Å². The molecule has 5 nitrogen and oxygen atoms in total. The molecule has 2 aromatic carbocycles. The van der Waals surface area contributed by atoms with E-state index >= 15 is 0 Å². The summed E-state index contributed by atoms with van der Waals surface area (Å²) in [5.74, 6) is -0.780. The van der Waals surface area contributed by atoms with Gasteiger partial charge < -0.3 is 14.5 Å². The van der Waals surface area contributed by atoms with E-state index in [1.165, 1.54) is 0 Å². The van der Waals surface area contributed by atoms with Gasteiger partial charge in [0.05, 0.1) is 12.7 Å². The van der Waals surface area contributed by atoms with Crippen molar-refractivity contribution in [1.29, 1.82) is 0 Å². The number of ether oxygens (including phenoxy) is 1. The zero-order chi connectivity index (χ0) is 19.4. The zero-order valence-corrected chi connectivity index (χ0v) is 15.8. The van der Waals surface area contributed by atoms with E-state index in [1.54, 1.807) is 6.26 Å². The first kappa shape index (κ1) is 18.7. The number of esters is 1. The van der Waals surface area contributed by atoms with Gasteiger partial charge >= 0.3 is 5.97 Å². The van der Waals surface area contributed by atoms with Crippen molar-refractivity contribution in [3.8, 4) is 0 Å². The van der Waals surface area contributed by atoms with Crippen LogP contribution in [0.1, 0.15) is 27.8 Å². The van der Waals surface area contributed by atoms with Crippen LogP contribution >= 0.6 is 0 Å². The van der Waals surface area contributed by atoms with Gasteiger partial charge in [-0.05, 0) is 43.0 Å². The number of aryl methyl sites for hydroxylation is 3. The minimum Gasteiger partial charge on any atom is -0.464 e. The van der Waals surface area contributed by atoms with Crippen LogP contribution < -0.4 is 5.32 Å². The van der Waals surface area contributed by atoms with Crippen LogP contribution in [-0.4, -0.2) is 18.5 Å². The summed E-state index contributed by atoms with van der Waals surface area (Å²) >= 11 is 0. The Balaban J connectivity index is 1.52. The number of carbonyl (C=O) groups excluding carboxylic acids is 2. The Bertz CT molecular complexity index is 987. The molecule has 0 saturated heterocycles. The van der Waals surface area contributed by atoms with Crippen LogP contribution in [0.3, 0.4) is 0 Å². The molecule has 0 spiro atoms. The second kappa shape index (κ2) is 8.08. The number of carbonyl (C=O) groups is 2. The number of hydrogen-bond donors (Lipinski definition) is 1. The smallest absolute Gasteiger partial charge is 0.310 e. The van der Waals surface area contributed by atoms with Crippen molar-refractivity contribution in [3.63, 3.8) is 0 Å². The predicted molar refractivity (Wildman–Crippen MR) is 103 cm³/mol. The van der Waals surface area contributed by atoms with Gasteiger partial charge in [-0.1, -0.05) is 36.4 Å². The lowest BCUT2D eigenvalue weighted by atomic mass is 10.0. The molecule has 0 atom stereocenters. The number of amides is 1. The average Bonchev–Trinajstić information content (AvgIpc) is 3.05. The monoisotopic (exact) mass is 365 g/mol. The van der Waals surface area contributed by atoms with Crippen molar-refractivity contribution >= 4 is 22.8 Å². The van der Waals surface area contributed by atoms with E-state index in [0.717, 1.165) is 38.8 Å². The van der Waals surface area contributed by atoms with Crippen molar-refractivity contribution in [2.45, 2.75) is 33.7 Å². The lowest BCUT2D eigenvalue weighted by Gasteiger charge is -2.08. The fourth-order valence-corrected chi connectivity index (χ4v) is 2.93. The summed E-state index contributed by atoms with van der Waals surface area (Å²) in [5.41, 5.74) is 5.88. The fraction of sp³-hybridized carbons (Fsp3) is 0.273. The summed E-state index contributed by atoms with van der Waals surface area (Å²) in [6.07, 6.45) is 1.65. The average molecular weight is 365 g/mol. The van der Waals surface area contributed by atoms with Gasteiger partial charge in [-0.15, -0.1) is 0 Å². The summed E-state index contributed by atoms with van der Waals surface area (Å²) < 4.78 is 10.7. The second-order valence-electron chi connectivity index (χ2n) is 6.69. The molecule has 0 unspecified atom stereocenters. The number of benzene rings is 2. The summed E-state index contributed by atoms with van der Waals surface area (Å²) in [6, 6.07) is 11.8. The maximum absolute atomic E-state index is 12.1. The maximum atomic E-state index is 12.1. The third-order valence-corrected chi connectivity index (χ3v) is 4.78. The molecule has 1 N–H and O–H groups in total. The molecule has 3 aromatic rings. The molecule has 0 radical (unpaired) electrons. The Hall–Kier alpha value is -3.08. The number of fused-ring (bicyclic) bond motifs is 1. The van der Waals surface area contributed by atoms with Crippen LogP contribution in [0, 0.1) is 20.8 Å². The normalized spacial score (nSPS) is 10.8. The molecule has 0 aliphatic heterocycles. The Morgan fingerprint density at radius 1 is 1.00 bits per heavy atom. The molecule has 27 heavy (non-hydrogen) atoms. The molecule has 0 fully saturated rings. The van der Waals surface area contributed by atoms with E-state index in [4.69, 9.17) is 9.15 Å². The molecule has 0 bridgehead atoms. The number of rotatable bonds is 6. The first-order valence-corrected chi connectivity index (χ1v) is 8.89. The van der Waals surface area contributed by atoms with Crippen molar-refractivity contribution < 1.29 is 18.7 Å². The van der Waals surface area contributed by atoms with Crippen LogP contribution in [0.5, 0.6) is 0 Å². The van der Waals surface area contributed by atoms with Gasteiger partial charge in [0, 0.05) is 17.5 Å². The molecule has 5 heteroatoms. The summed E-state index contributed by atoms with van der Waals surface area (Å²) in [7, 11) is 0. The van der Waals surface area contributed by atoms with Gasteiger partial charge in [-0.3, -0.25) is 9.59 Å². The molecule has 3 rings (SSSR count). The lowest BCUT2D eigenvalue weighted by molar-refractivity contribution is -0.147. The third-order valence-electron chi connectivity index (χ3n) is 4.78. The molecule has 1 aromatic heterocycles. The van der Waals surface area contributed by atoms with Crippen LogP contribution in [0.15, 0.2) is 47.1 Å². The van der Waals surface area contributed by atoms with Gasteiger partial charge in [0.2, 0.25) is 0 Å². The molecule has 140 valence electrons. The second-order valence-corrected chi connectivity index (χ2v) is 6.69. The van der Waals surface area contributed by atoms with E-state index < -0.39 is 5.97 Å². The first-order valence-electron chi connectivity index (χ1n) is 8.89. The van der Waals surface area contributed by atoms with Gasteiger partial charge in [0.25, 0.3) is 5.91 Å². The van der Waals surface area contributed by atoms with E-state index in [1.807, 2.05) is 57.2 Å². The Kier molecular flexibility index (Phi) is 5.60. The van der Waals surface area contributed by atoms with Gasteiger partial charge in [-0.2, -0.15) is 0 Å². The topological polar surface area (TPSA) is 68.5 Å². The Morgan fingerprint density at radius 3 is 2.56 bits per heavy atom. The summed E-state index contributed by atoms with van der Waals surface area (Å²) in [6.45, 7) is 6.11. The minimum atomic E-state index is -0.457. The predicted octanol–water partition coefficient (Wildman–Crippen LogP) is 3.76. The highest BCUT2D eigenvalue weighted by Crippen LogP contribution is 2.26. The van der Waals surface area contributed by atoms with Crippen molar-refractivity contribution in [2.75, 3.05) is 6.61 Å². The van der Waals surface area contributed by atoms with Crippen LogP contribution in [0.25, 0.3) is 11.0 Å². The number of hydrogen-bond acceptors (Lipinski definition) is 4. The van der Waals surface area contributed by atoms with Crippen molar-refractivity contribution in [2.24, 2.45) is 0 Å². The minimum absolute atomic E-state index is 0.0700. The third kappa shape index (κ3) is 4.37. The number of furan rings is 1. The van der Waals surface area contributed by atoms with Crippen molar-refractivity contribution in [1.82, 2.24) is 5.32 Å². The van der Waals surface area contributed by atoms with Crippen LogP contribution in [-0.2, 0) is 27.3 Å². The van der Waals surface area contributed by atoms with E-state index in [0.29, 0.717) is 6.54 Å². The summed E-state index contributed by atoms with van der Waals surface area (Å²) in [4.78, 5) is 24.0. The molecular weight excluding hydrogens is 342 g/mol. The first-order chi connectivity index (χ1) is 13.0. The molecule has 1 amide bonds.